The molecule has 2 aromatic heterocycles. The molecular weight excluding hydrogens is 453 g/mol. The van der Waals surface area contributed by atoms with Crippen molar-refractivity contribution in [2.45, 2.75) is 19.4 Å². The first-order valence-electron chi connectivity index (χ1n) is 10.6. The zero-order chi connectivity index (χ0) is 24.6. The molecule has 0 unspecified atom stereocenters. The topological polar surface area (TPSA) is 85.2 Å². The second kappa shape index (κ2) is 9.34. The van der Waals surface area contributed by atoms with Crippen LogP contribution in [0.25, 0.3) is 16.9 Å². The number of nitrogens with zero attached hydrogens (tertiary/aromatic N) is 3. The normalized spacial score (nSPS) is 16.1. The van der Waals surface area contributed by atoms with E-state index < -0.39 is 41.1 Å². The van der Waals surface area contributed by atoms with Gasteiger partial charge in [-0.15, -0.1) is 0 Å². The van der Waals surface area contributed by atoms with Gasteiger partial charge in [0.05, 0.1) is 43.3 Å². The number of carbonyl (C=O) groups excluding carboxylic acids is 2. The average molecular weight is 476 g/mol. The highest BCUT2D eigenvalue weighted by molar-refractivity contribution is 5.94. The Hall–Kier alpha value is -3.60. The maximum Gasteiger partial charge on any atom is 0.409 e. The molecule has 0 bridgehead atoms. The van der Waals surface area contributed by atoms with E-state index in [1.165, 1.54) is 29.5 Å². The molecule has 4 rings (SSSR count). The zero-order valence-corrected chi connectivity index (χ0v) is 18.8. The van der Waals surface area contributed by atoms with Crippen LogP contribution in [-0.4, -0.2) is 66.2 Å². The lowest BCUT2D eigenvalue weighted by Gasteiger charge is -2.32. The monoisotopic (exact) mass is 476 g/mol. The SMILES string of the molecule is CNC(=O)c1cc(F)c(-c2nc3c(F)c(C)ccn3c2C[C@H]2CN(C(=O)OC)CCO2)c(F)c1. The molecule has 1 atom stereocenters. The number of ether oxygens (including phenoxy) is 2. The first kappa shape index (κ1) is 23.6. The summed E-state index contributed by atoms with van der Waals surface area (Å²) in [5, 5.41) is 2.31. The number of aromatic nitrogens is 2. The zero-order valence-electron chi connectivity index (χ0n) is 18.8. The summed E-state index contributed by atoms with van der Waals surface area (Å²) < 4.78 is 57.1. The summed E-state index contributed by atoms with van der Waals surface area (Å²) >= 11 is 0. The number of aryl methyl sites for hydroxylation is 1. The predicted octanol–water partition coefficient (Wildman–Crippen LogP) is 3.10. The minimum absolute atomic E-state index is 0.0859. The quantitative estimate of drug-likeness (QED) is 0.626. The summed E-state index contributed by atoms with van der Waals surface area (Å²) in [5.41, 5.74) is -0.267. The third-order valence-electron chi connectivity index (χ3n) is 5.79. The molecule has 34 heavy (non-hydrogen) atoms. The van der Waals surface area contributed by atoms with Crippen molar-refractivity contribution in [3.8, 4) is 11.3 Å². The summed E-state index contributed by atoms with van der Waals surface area (Å²) in [7, 11) is 2.62. The van der Waals surface area contributed by atoms with Gasteiger partial charge in [0.1, 0.15) is 11.6 Å². The van der Waals surface area contributed by atoms with E-state index in [4.69, 9.17) is 9.47 Å². The number of imidazole rings is 1. The Morgan fingerprint density at radius 2 is 1.97 bits per heavy atom. The van der Waals surface area contributed by atoms with Crippen molar-refractivity contribution in [3.05, 3.63) is 58.7 Å². The predicted molar refractivity (Wildman–Crippen MR) is 116 cm³/mol. The van der Waals surface area contributed by atoms with Gasteiger partial charge < -0.3 is 24.1 Å². The standard InChI is InChI=1S/C23H23F3N4O4/c1-12-4-5-30-17(10-14-11-29(6-7-34-14)23(32)33-3)20(28-21(30)19(12)26)18-15(24)8-13(9-16(18)25)22(31)27-2/h4-5,8-9,14H,6-7,10-11H2,1-3H3,(H,27,31)/t14-/m0/s1. The van der Waals surface area contributed by atoms with E-state index in [1.54, 1.807) is 13.1 Å². The van der Waals surface area contributed by atoms with Crippen molar-refractivity contribution in [3.63, 3.8) is 0 Å². The second-order valence-electron chi connectivity index (χ2n) is 7.92. The molecule has 1 aromatic carbocycles. The van der Waals surface area contributed by atoms with E-state index in [0.717, 1.165) is 12.1 Å². The molecule has 2 amide bonds. The van der Waals surface area contributed by atoms with Crippen LogP contribution in [-0.2, 0) is 15.9 Å². The molecule has 0 saturated carbocycles. The van der Waals surface area contributed by atoms with Gasteiger partial charge in [-0.3, -0.25) is 4.79 Å². The van der Waals surface area contributed by atoms with Crippen molar-refractivity contribution < 1.29 is 32.2 Å². The summed E-state index contributed by atoms with van der Waals surface area (Å²) in [6.07, 6.45) is 0.583. The molecule has 3 heterocycles. The first-order valence-corrected chi connectivity index (χ1v) is 10.6. The van der Waals surface area contributed by atoms with Crippen LogP contribution in [0.5, 0.6) is 0 Å². The second-order valence-corrected chi connectivity index (χ2v) is 7.92. The average Bonchev–Trinajstić information content (AvgIpc) is 3.18. The number of fused-ring (bicyclic) bond motifs is 1. The maximum absolute atomic E-state index is 15.1. The number of rotatable bonds is 4. The van der Waals surface area contributed by atoms with E-state index in [-0.39, 0.29) is 36.5 Å². The Morgan fingerprint density at radius 3 is 2.62 bits per heavy atom. The fraction of sp³-hybridized carbons (Fsp3) is 0.348. The molecule has 1 fully saturated rings. The van der Waals surface area contributed by atoms with Crippen LogP contribution >= 0.6 is 0 Å². The van der Waals surface area contributed by atoms with Crippen LogP contribution in [0, 0.1) is 24.4 Å². The number of methoxy groups -OCH3 is 1. The minimum Gasteiger partial charge on any atom is -0.453 e. The Labute approximate surface area is 193 Å². The molecule has 8 nitrogen and oxygen atoms in total. The lowest BCUT2D eigenvalue weighted by molar-refractivity contribution is -0.0241. The van der Waals surface area contributed by atoms with E-state index >= 15 is 8.78 Å². The van der Waals surface area contributed by atoms with E-state index in [0.29, 0.717) is 17.8 Å². The maximum atomic E-state index is 15.1. The largest absolute Gasteiger partial charge is 0.453 e. The number of hydrogen-bond donors (Lipinski definition) is 1. The highest BCUT2D eigenvalue weighted by Crippen LogP contribution is 2.33. The third-order valence-corrected chi connectivity index (χ3v) is 5.79. The van der Waals surface area contributed by atoms with Crippen LogP contribution in [0.3, 0.4) is 0 Å². The molecule has 1 aliphatic rings. The number of pyridine rings is 1. The molecule has 0 radical (unpaired) electrons. The van der Waals surface area contributed by atoms with Gasteiger partial charge in [-0.1, -0.05) is 0 Å². The van der Waals surface area contributed by atoms with Crippen LogP contribution in [0.1, 0.15) is 21.6 Å². The number of morpholine rings is 1. The molecule has 180 valence electrons. The molecule has 3 aromatic rings. The minimum atomic E-state index is -1.01. The summed E-state index contributed by atoms with van der Waals surface area (Å²) in [4.78, 5) is 29.5. The van der Waals surface area contributed by atoms with Gasteiger partial charge in [-0.25, -0.2) is 22.9 Å². The Balaban J connectivity index is 1.83. The number of halogens is 3. The number of hydrogen-bond acceptors (Lipinski definition) is 5. The van der Waals surface area contributed by atoms with Gasteiger partial charge in [0.2, 0.25) is 0 Å². The van der Waals surface area contributed by atoms with Gasteiger partial charge in [0.15, 0.2) is 11.5 Å². The van der Waals surface area contributed by atoms with Crippen molar-refractivity contribution >= 4 is 17.6 Å². The van der Waals surface area contributed by atoms with Crippen molar-refractivity contribution in [1.82, 2.24) is 19.6 Å². The Morgan fingerprint density at radius 1 is 1.26 bits per heavy atom. The van der Waals surface area contributed by atoms with Crippen LogP contribution in [0.2, 0.25) is 0 Å². The number of nitrogens with one attached hydrogen (secondary N) is 1. The van der Waals surface area contributed by atoms with Crippen molar-refractivity contribution in [2.24, 2.45) is 0 Å². The van der Waals surface area contributed by atoms with Crippen molar-refractivity contribution in [1.29, 1.82) is 0 Å². The molecule has 1 saturated heterocycles. The fourth-order valence-electron chi connectivity index (χ4n) is 4.04. The molecule has 1 aliphatic heterocycles. The fourth-order valence-corrected chi connectivity index (χ4v) is 4.04. The van der Waals surface area contributed by atoms with E-state index in [1.807, 2.05) is 0 Å². The molecule has 11 heteroatoms. The van der Waals surface area contributed by atoms with Gasteiger partial charge in [0.25, 0.3) is 5.91 Å². The molecule has 0 aliphatic carbocycles. The number of benzene rings is 1. The summed E-state index contributed by atoms with van der Waals surface area (Å²) in [6.45, 7) is 2.31. The van der Waals surface area contributed by atoms with Gasteiger partial charge >= 0.3 is 6.09 Å². The lowest BCUT2D eigenvalue weighted by Crippen LogP contribution is -2.46. The highest BCUT2D eigenvalue weighted by atomic mass is 19.1. The van der Waals surface area contributed by atoms with E-state index in [9.17, 15) is 14.0 Å². The third kappa shape index (κ3) is 4.18. The Kier molecular flexibility index (Phi) is 6.47. The first-order chi connectivity index (χ1) is 16.2. The number of carbonyl (C=O) groups is 2. The summed E-state index contributed by atoms with van der Waals surface area (Å²) in [5.74, 6) is -3.31. The van der Waals surface area contributed by atoms with Crippen LogP contribution < -0.4 is 5.32 Å². The van der Waals surface area contributed by atoms with Gasteiger partial charge in [-0.05, 0) is 30.7 Å². The van der Waals surface area contributed by atoms with Crippen molar-refractivity contribution in [2.75, 3.05) is 33.9 Å². The smallest absolute Gasteiger partial charge is 0.409 e. The summed E-state index contributed by atoms with van der Waals surface area (Å²) in [6, 6.07) is 3.34. The molecular formula is C23H23F3N4O4. The van der Waals surface area contributed by atoms with Crippen LogP contribution in [0.4, 0.5) is 18.0 Å². The van der Waals surface area contributed by atoms with E-state index in [2.05, 4.69) is 10.3 Å². The van der Waals surface area contributed by atoms with Crippen LogP contribution in [0.15, 0.2) is 24.4 Å². The number of amides is 2. The highest BCUT2D eigenvalue weighted by Gasteiger charge is 2.30. The lowest BCUT2D eigenvalue weighted by atomic mass is 10.0. The van der Waals surface area contributed by atoms with Gasteiger partial charge in [0, 0.05) is 31.8 Å². The molecule has 1 N–H and O–H groups in total. The Bertz CT molecular complexity index is 1250. The van der Waals surface area contributed by atoms with Gasteiger partial charge in [-0.2, -0.15) is 0 Å². The molecule has 0 spiro atoms.